The van der Waals surface area contributed by atoms with Gasteiger partial charge in [-0.05, 0) is 116 Å². The smallest absolute Gasteiger partial charge is 0.462 e. The largest absolute Gasteiger partial charge is 0.472 e. The van der Waals surface area contributed by atoms with E-state index in [-0.39, 0.29) is 32.6 Å². The molecular formula is C65H106NO8P. The molecule has 0 bridgehead atoms. The number of ether oxygens (including phenoxy) is 2. The number of nitrogens with two attached hydrogens (primary N) is 1. The molecule has 0 saturated heterocycles. The number of phosphoric acid groups is 1. The Morgan fingerprint density at radius 1 is 0.400 bits per heavy atom. The Morgan fingerprint density at radius 3 is 1.04 bits per heavy atom. The van der Waals surface area contributed by atoms with Crippen LogP contribution in [-0.4, -0.2) is 49.3 Å². The molecule has 0 aromatic heterocycles. The van der Waals surface area contributed by atoms with Gasteiger partial charge in [-0.1, -0.05) is 237 Å². The summed E-state index contributed by atoms with van der Waals surface area (Å²) in [5.41, 5.74) is 5.37. The van der Waals surface area contributed by atoms with Crippen molar-refractivity contribution in [3.8, 4) is 0 Å². The highest BCUT2D eigenvalue weighted by Gasteiger charge is 2.26. The van der Waals surface area contributed by atoms with E-state index in [1.165, 1.54) is 64.2 Å². The molecule has 0 spiro atoms. The minimum atomic E-state index is -4.40. The summed E-state index contributed by atoms with van der Waals surface area (Å²) in [5, 5.41) is 0. The molecule has 2 atom stereocenters. The zero-order chi connectivity index (χ0) is 54.5. The normalized spacial score (nSPS) is 14.1. The van der Waals surface area contributed by atoms with Crippen LogP contribution >= 0.6 is 7.82 Å². The molecule has 0 fully saturated rings. The van der Waals surface area contributed by atoms with Gasteiger partial charge in [0.25, 0.3) is 0 Å². The highest BCUT2D eigenvalue weighted by Crippen LogP contribution is 2.43. The Hall–Kier alpha value is -4.11. The molecule has 2 unspecified atom stereocenters. The number of allylic oxidation sites excluding steroid dienone is 24. The van der Waals surface area contributed by atoms with Gasteiger partial charge < -0.3 is 20.1 Å². The minimum Gasteiger partial charge on any atom is -0.462 e. The van der Waals surface area contributed by atoms with Gasteiger partial charge in [-0.3, -0.25) is 18.6 Å². The molecule has 10 heteroatoms. The van der Waals surface area contributed by atoms with Crippen molar-refractivity contribution in [3.05, 3.63) is 146 Å². The summed E-state index contributed by atoms with van der Waals surface area (Å²) in [6, 6.07) is 0. The number of unbranched alkanes of at least 4 members (excludes halogenated alkanes) is 16. The molecule has 75 heavy (non-hydrogen) atoms. The maximum atomic E-state index is 12.7. The number of rotatable bonds is 53. The molecule has 0 heterocycles. The van der Waals surface area contributed by atoms with Gasteiger partial charge in [0.1, 0.15) is 6.61 Å². The molecule has 0 aliphatic rings. The van der Waals surface area contributed by atoms with Gasteiger partial charge in [0.2, 0.25) is 0 Å². The molecule has 424 valence electrons. The fraction of sp³-hybridized carbons (Fsp3) is 0.600. The average molecular weight is 1060 g/mol. The van der Waals surface area contributed by atoms with Crippen LogP contribution < -0.4 is 5.73 Å². The number of carbonyl (C=O) groups excluding carboxylic acids is 2. The van der Waals surface area contributed by atoms with Gasteiger partial charge >= 0.3 is 19.8 Å². The van der Waals surface area contributed by atoms with Crippen LogP contribution in [0.5, 0.6) is 0 Å². The summed E-state index contributed by atoms with van der Waals surface area (Å²) < 4.78 is 32.9. The van der Waals surface area contributed by atoms with Crippen LogP contribution in [-0.2, 0) is 32.7 Å². The van der Waals surface area contributed by atoms with E-state index in [1.54, 1.807) is 0 Å². The Labute approximate surface area is 458 Å². The molecule has 0 saturated carbocycles. The van der Waals surface area contributed by atoms with Crippen molar-refractivity contribution < 1.29 is 37.6 Å². The number of hydrogen-bond acceptors (Lipinski definition) is 8. The van der Waals surface area contributed by atoms with Gasteiger partial charge in [0.05, 0.1) is 13.2 Å². The number of hydrogen-bond donors (Lipinski definition) is 2. The SMILES string of the molecule is CC/C=C\C/C=C\C/C=C\C/C=C\C/C=C\C/C=C\C/C=C\C/C=C\C/C=C\CCCCCCCCCCCCCCCC(=O)OC(COC(=O)CCCCC/C=C\C/C=C\C/C=C\CC)COP(=O)(O)OCCN. The lowest BCUT2D eigenvalue weighted by atomic mass is 10.0. The fourth-order valence-corrected chi connectivity index (χ4v) is 8.23. The van der Waals surface area contributed by atoms with Gasteiger partial charge in [-0.25, -0.2) is 4.57 Å². The number of phosphoric ester groups is 1. The van der Waals surface area contributed by atoms with E-state index in [1.807, 2.05) is 0 Å². The van der Waals surface area contributed by atoms with Crippen LogP contribution in [0.4, 0.5) is 0 Å². The van der Waals surface area contributed by atoms with Crippen LogP contribution in [0.15, 0.2) is 146 Å². The third-order valence-corrected chi connectivity index (χ3v) is 12.7. The quantitative estimate of drug-likeness (QED) is 0.0264. The van der Waals surface area contributed by atoms with Gasteiger partial charge in [0.15, 0.2) is 6.10 Å². The van der Waals surface area contributed by atoms with E-state index in [4.69, 9.17) is 24.3 Å². The fourth-order valence-electron chi connectivity index (χ4n) is 7.47. The molecule has 9 nitrogen and oxygen atoms in total. The van der Waals surface area contributed by atoms with E-state index < -0.39 is 32.5 Å². The predicted molar refractivity (Wildman–Crippen MR) is 320 cm³/mol. The lowest BCUT2D eigenvalue weighted by Gasteiger charge is -2.19. The van der Waals surface area contributed by atoms with Crippen LogP contribution in [0.2, 0.25) is 0 Å². The van der Waals surface area contributed by atoms with Crippen molar-refractivity contribution in [2.45, 2.75) is 225 Å². The maximum absolute atomic E-state index is 12.7. The summed E-state index contributed by atoms with van der Waals surface area (Å²) in [6.07, 6.45) is 85.0. The topological polar surface area (TPSA) is 134 Å². The molecule has 0 aliphatic carbocycles. The summed E-state index contributed by atoms with van der Waals surface area (Å²) >= 11 is 0. The van der Waals surface area contributed by atoms with Crippen molar-refractivity contribution in [1.29, 1.82) is 0 Å². The van der Waals surface area contributed by atoms with Crippen molar-refractivity contribution >= 4 is 19.8 Å². The van der Waals surface area contributed by atoms with Crippen molar-refractivity contribution in [3.63, 3.8) is 0 Å². The minimum absolute atomic E-state index is 0.0428. The maximum Gasteiger partial charge on any atom is 0.472 e. The van der Waals surface area contributed by atoms with Crippen LogP contribution in [0.25, 0.3) is 0 Å². The van der Waals surface area contributed by atoms with E-state index in [0.29, 0.717) is 12.8 Å². The lowest BCUT2D eigenvalue weighted by Crippen LogP contribution is -2.29. The van der Waals surface area contributed by atoms with Crippen molar-refractivity contribution in [1.82, 2.24) is 0 Å². The zero-order valence-electron chi connectivity index (χ0n) is 47.2. The molecule has 0 rings (SSSR count). The van der Waals surface area contributed by atoms with Gasteiger partial charge in [-0.2, -0.15) is 0 Å². The van der Waals surface area contributed by atoms with Crippen LogP contribution in [0, 0.1) is 0 Å². The van der Waals surface area contributed by atoms with Crippen molar-refractivity contribution in [2.24, 2.45) is 5.73 Å². The monoisotopic (exact) mass is 1060 g/mol. The first-order valence-electron chi connectivity index (χ1n) is 29.3. The molecule has 0 aliphatic heterocycles. The first kappa shape index (κ1) is 70.9. The third kappa shape index (κ3) is 59.0. The highest BCUT2D eigenvalue weighted by atomic mass is 31.2. The van der Waals surface area contributed by atoms with E-state index in [9.17, 15) is 19.0 Å². The summed E-state index contributed by atoms with van der Waals surface area (Å²) in [7, 11) is -4.40. The standard InChI is InChI=1S/C65H106NO8P/c1-3-5-7-9-11-13-15-17-18-19-20-21-22-23-24-25-26-27-28-29-30-31-32-33-34-35-36-37-38-39-40-41-42-43-44-46-48-50-52-54-56-58-65(68)74-63(62-73-75(69,70)72-60-59-66)61-71-64(67)57-55-53-51-49-47-45-16-14-12-10-8-6-4-2/h5-8,11-14,17-18,20-21,23-24,26-27,29-30,32-33,35-36,45,47,63H,3-4,9-10,15-16,19,22,25,28,31,34,37-44,46,48-62,66H2,1-2H3,(H,69,70)/b7-5-,8-6-,13-11-,14-12-,18-17-,21-20-,24-23-,27-26-,30-29-,33-32-,36-35-,47-45-. The molecule has 0 aromatic carbocycles. The molecule has 0 radical (unpaired) electrons. The number of carbonyl (C=O) groups is 2. The molecule has 0 aromatic rings. The second kappa shape index (κ2) is 59.1. The zero-order valence-corrected chi connectivity index (χ0v) is 48.1. The average Bonchev–Trinajstić information content (AvgIpc) is 3.40. The first-order valence-corrected chi connectivity index (χ1v) is 30.8. The summed E-state index contributed by atoms with van der Waals surface area (Å²) in [4.78, 5) is 35.0. The van der Waals surface area contributed by atoms with Crippen LogP contribution in [0.3, 0.4) is 0 Å². The first-order chi connectivity index (χ1) is 36.8. The van der Waals surface area contributed by atoms with E-state index >= 15 is 0 Å². The Balaban J connectivity index is 3.92. The molecule has 0 amide bonds. The van der Waals surface area contributed by atoms with E-state index in [2.05, 4.69) is 160 Å². The van der Waals surface area contributed by atoms with E-state index in [0.717, 1.165) is 116 Å². The Kier molecular flexibility index (Phi) is 55.9. The highest BCUT2D eigenvalue weighted by molar-refractivity contribution is 7.47. The number of esters is 2. The second-order valence-electron chi connectivity index (χ2n) is 18.7. The van der Waals surface area contributed by atoms with Crippen LogP contribution in [0.1, 0.15) is 219 Å². The van der Waals surface area contributed by atoms with Crippen molar-refractivity contribution in [2.75, 3.05) is 26.4 Å². The summed E-state index contributed by atoms with van der Waals surface area (Å²) in [6.45, 7) is 3.45. The summed E-state index contributed by atoms with van der Waals surface area (Å²) in [5.74, 6) is -0.872. The predicted octanol–water partition coefficient (Wildman–Crippen LogP) is 18.7. The Morgan fingerprint density at radius 2 is 0.693 bits per heavy atom. The molecular weight excluding hydrogens is 954 g/mol. The lowest BCUT2D eigenvalue weighted by molar-refractivity contribution is -0.161. The van der Waals surface area contributed by atoms with Gasteiger partial charge in [-0.15, -0.1) is 0 Å². The second-order valence-corrected chi connectivity index (χ2v) is 20.2. The van der Waals surface area contributed by atoms with Gasteiger partial charge in [0, 0.05) is 19.4 Å². The molecule has 3 N–H and O–H groups in total. The Bertz CT molecular complexity index is 1730. The third-order valence-electron chi connectivity index (χ3n) is 11.7.